The maximum atomic E-state index is 11.5. The van der Waals surface area contributed by atoms with Gasteiger partial charge in [-0.25, -0.2) is 0 Å². The molecule has 0 amide bonds. The van der Waals surface area contributed by atoms with E-state index in [0.717, 1.165) is 11.3 Å². The van der Waals surface area contributed by atoms with Crippen LogP contribution in [0.25, 0.3) is 0 Å². The molecule has 0 radical (unpaired) electrons. The number of rotatable bonds is 8. The highest BCUT2D eigenvalue weighted by Gasteiger charge is 2.19. The third-order valence-electron chi connectivity index (χ3n) is 2.59. The lowest BCUT2D eigenvalue weighted by Crippen LogP contribution is -2.25. The molecule has 112 valence electrons. The van der Waals surface area contributed by atoms with Gasteiger partial charge in [-0.05, 0) is 18.6 Å². The number of hydrogen-bond donors (Lipinski definition) is 4. The van der Waals surface area contributed by atoms with Crippen LogP contribution < -0.4 is 0 Å². The summed E-state index contributed by atoms with van der Waals surface area (Å²) in [6.45, 7) is -0.436. The zero-order chi connectivity index (χ0) is 15.3. The van der Waals surface area contributed by atoms with Crippen molar-refractivity contribution in [2.45, 2.75) is 31.9 Å². The van der Waals surface area contributed by atoms with Crippen molar-refractivity contribution in [1.29, 1.82) is 0 Å². The van der Waals surface area contributed by atoms with Gasteiger partial charge in [-0.3, -0.25) is 14.2 Å². The van der Waals surface area contributed by atoms with Crippen LogP contribution in [0, 0.1) is 3.95 Å². The molecule has 0 saturated heterocycles. The molecule has 9 heteroatoms. The zero-order valence-electron chi connectivity index (χ0n) is 10.5. The number of carboxylic acid groups (broad SMARTS) is 1. The van der Waals surface area contributed by atoms with Crippen molar-refractivity contribution < 1.29 is 30.0 Å². The molecule has 1 unspecified atom stereocenters. The largest absolute Gasteiger partial charge is 0.494 e. The summed E-state index contributed by atoms with van der Waals surface area (Å²) in [4.78, 5) is 22.2. The molecule has 1 aromatic rings. The first-order valence-corrected chi connectivity index (χ1v) is 7.04. The fourth-order valence-electron chi connectivity index (χ4n) is 1.52. The zero-order valence-corrected chi connectivity index (χ0v) is 12.1. The van der Waals surface area contributed by atoms with Crippen LogP contribution in [0.1, 0.15) is 17.7 Å². The van der Waals surface area contributed by atoms with Crippen molar-refractivity contribution in [1.82, 2.24) is 4.57 Å². The molecule has 0 fully saturated rings. The maximum absolute atomic E-state index is 11.5. The minimum atomic E-state index is -1.48. The third-order valence-corrected chi connectivity index (χ3v) is 4.03. The van der Waals surface area contributed by atoms with Crippen molar-refractivity contribution in [3.63, 3.8) is 0 Å². The Hall–Kier alpha value is -1.29. The van der Waals surface area contributed by atoms with E-state index >= 15 is 0 Å². The molecule has 7 nitrogen and oxygen atoms in total. The van der Waals surface area contributed by atoms with Gasteiger partial charge < -0.3 is 20.4 Å². The van der Waals surface area contributed by atoms with Crippen molar-refractivity contribution in [3.05, 3.63) is 8.83 Å². The van der Waals surface area contributed by atoms with Crippen molar-refractivity contribution in [2.75, 3.05) is 6.61 Å². The molecular weight excluding hydrogens is 306 g/mol. The number of carboxylic acids is 1. The van der Waals surface area contributed by atoms with Crippen LogP contribution in [0.2, 0.25) is 0 Å². The van der Waals surface area contributed by atoms with Gasteiger partial charge >= 0.3 is 5.97 Å². The van der Waals surface area contributed by atoms with Crippen molar-refractivity contribution in [3.8, 4) is 5.88 Å². The molecule has 1 heterocycles. The predicted molar refractivity (Wildman–Crippen MR) is 73.5 cm³/mol. The van der Waals surface area contributed by atoms with Gasteiger partial charge in [0.05, 0.1) is 11.5 Å². The lowest BCUT2D eigenvalue weighted by Gasteiger charge is -2.06. The summed E-state index contributed by atoms with van der Waals surface area (Å²) in [7, 11) is 0. The third kappa shape index (κ3) is 4.37. The van der Waals surface area contributed by atoms with Gasteiger partial charge in [-0.2, -0.15) is 0 Å². The highest BCUT2D eigenvalue weighted by molar-refractivity contribution is 7.73. The van der Waals surface area contributed by atoms with Gasteiger partial charge in [0, 0.05) is 19.4 Å². The molecule has 0 spiro atoms. The van der Waals surface area contributed by atoms with Gasteiger partial charge in [0.15, 0.2) is 9.74 Å². The van der Waals surface area contributed by atoms with Gasteiger partial charge in [-0.15, -0.1) is 11.3 Å². The van der Waals surface area contributed by atoms with Crippen LogP contribution in [0.4, 0.5) is 0 Å². The Labute approximate surface area is 123 Å². The molecule has 0 aromatic carbocycles. The molecular formula is C11H15NO6S2. The van der Waals surface area contributed by atoms with E-state index in [9.17, 15) is 19.8 Å². The molecule has 1 atom stereocenters. The Morgan fingerprint density at radius 1 is 1.40 bits per heavy atom. The van der Waals surface area contributed by atoms with Gasteiger partial charge in [0.2, 0.25) is 5.88 Å². The highest BCUT2D eigenvalue weighted by Crippen LogP contribution is 2.27. The van der Waals surface area contributed by atoms with E-state index < -0.39 is 24.5 Å². The average molecular weight is 321 g/mol. The van der Waals surface area contributed by atoms with Gasteiger partial charge in [-0.1, -0.05) is 0 Å². The average Bonchev–Trinajstić information content (AvgIpc) is 2.64. The number of aliphatic hydroxyl groups is 2. The van der Waals surface area contributed by atoms with E-state index in [4.69, 9.17) is 22.4 Å². The van der Waals surface area contributed by atoms with E-state index in [0.29, 0.717) is 15.3 Å². The smallest absolute Gasteiger partial charge is 0.303 e. The summed E-state index contributed by atoms with van der Waals surface area (Å²) < 4.78 is 1.69. The lowest BCUT2D eigenvalue weighted by atomic mass is 10.1. The Balaban J connectivity index is 2.78. The molecule has 0 bridgehead atoms. The number of aliphatic carboxylic acids is 1. The molecule has 0 aliphatic rings. The Bertz CT molecular complexity index is 550. The Morgan fingerprint density at radius 3 is 2.60 bits per heavy atom. The van der Waals surface area contributed by atoms with Crippen LogP contribution in [0.3, 0.4) is 0 Å². The fourth-order valence-corrected chi connectivity index (χ4v) is 2.92. The number of carbonyl (C=O) groups is 2. The fraction of sp³-hybridized carbons (Fsp3) is 0.545. The standard InChI is InChI=1S/C11H15NO6S2/c13-5-7(15)6(14)4-8-10(18)12(11(19)20-8)3-1-2-9(16)17/h7,13,15,18H,1-5H2,(H,16,17). The second-order valence-corrected chi connectivity index (χ2v) is 5.83. The van der Waals surface area contributed by atoms with E-state index in [-0.39, 0.29) is 25.3 Å². The monoisotopic (exact) mass is 321 g/mol. The van der Waals surface area contributed by atoms with Crippen LogP contribution in [0.5, 0.6) is 5.88 Å². The van der Waals surface area contributed by atoms with Crippen molar-refractivity contribution in [2.24, 2.45) is 0 Å². The summed E-state index contributed by atoms with van der Waals surface area (Å²) >= 11 is 6.06. The van der Waals surface area contributed by atoms with Crippen LogP contribution >= 0.6 is 23.6 Å². The second kappa shape index (κ2) is 7.48. The summed E-state index contributed by atoms with van der Waals surface area (Å²) in [5, 5.41) is 36.3. The molecule has 1 aromatic heterocycles. The van der Waals surface area contributed by atoms with Crippen LogP contribution in [-0.2, 0) is 22.6 Å². The molecule has 0 aliphatic heterocycles. The Morgan fingerprint density at radius 2 is 2.05 bits per heavy atom. The first-order chi connectivity index (χ1) is 9.36. The normalized spacial score (nSPS) is 12.3. The maximum Gasteiger partial charge on any atom is 0.303 e. The quantitative estimate of drug-likeness (QED) is 0.509. The van der Waals surface area contributed by atoms with Crippen molar-refractivity contribution >= 4 is 35.3 Å². The number of carbonyl (C=O) groups excluding carboxylic acids is 1. The van der Waals surface area contributed by atoms with Crippen LogP contribution in [-0.4, -0.2) is 49.5 Å². The van der Waals surface area contributed by atoms with E-state index in [1.165, 1.54) is 4.57 Å². The topological polar surface area (TPSA) is 120 Å². The predicted octanol–water partition coefficient (Wildman–Crippen LogP) is 0.314. The number of nitrogens with zero attached hydrogens (tertiary/aromatic N) is 1. The minimum absolute atomic E-state index is 0.0471. The number of Topliss-reactive ketones (excluding diaryl/α,β-unsaturated/α-hetero) is 1. The van der Waals surface area contributed by atoms with Gasteiger partial charge in [0.25, 0.3) is 0 Å². The summed E-state index contributed by atoms with van der Waals surface area (Å²) in [6.07, 6.45) is -1.45. The van der Waals surface area contributed by atoms with Crippen LogP contribution in [0.15, 0.2) is 0 Å². The highest BCUT2D eigenvalue weighted by atomic mass is 32.1. The summed E-state index contributed by atoms with van der Waals surface area (Å²) in [5.74, 6) is -1.74. The number of hydrogen-bond acceptors (Lipinski definition) is 7. The van der Waals surface area contributed by atoms with E-state index in [2.05, 4.69) is 0 Å². The SMILES string of the molecule is O=C(O)CCCn1c(O)c(CC(=O)C(O)CO)sc1=S. The number of ketones is 1. The minimum Gasteiger partial charge on any atom is -0.494 e. The second-order valence-electron chi connectivity index (χ2n) is 4.11. The number of aliphatic hydroxyl groups excluding tert-OH is 2. The molecule has 20 heavy (non-hydrogen) atoms. The lowest BCUT2D eigenvalue weighted by molar-refractivity contribution is -0.137. The summed E-state index contributed by atoms with van der Waals surface area (Å²) in [6, 6.07) is 0. The molecule has 0 saturated carbocycles. The number of thiazole rings is 1. The molecule has 0 aliphatic carbocycles. The first-order valence-electron chi connectivity index (χ1n) is 5.81. The summed E-state index contributed by atoms with van der Waals surface area (Å²) in [5.41, 5.74) is 0. The van der Waals surface area contributed by atoms with E-state index in [1.54, 1.807) is 0 Å². The molecule has 4 N–H and O–H groups in total. The number of aromatic hydroxyl groups is 1. The molecule has 1 rings (SSSR count). The first kappa shape index (κ1) is 16.8. The van der Waals surface area contributed by atoms with Gasteiger partial charge in [0.1, 0.15) is 6.10 Å². The Kier molecular flexibility index (Phi) is 6.27. The van der Waals surface area contributed by atoms with E-state index in [1.807, 2.05) is 0 Å². The number of aromatic nitrogens is 1.